The highest BCUT2D eigenvalue weighted by Gasteiger charge is 2.73. The third-order valence-corrected chi connectivity index (χ3v) is 13.7. The summed E-state index contributed by atoms with van der Waals surface area (Å²) in [5.74, 6) is -4.12. The van der Waals surface area contributed by atoms with E-state index in [-0.39, 0.29) is 16.9 Å². The van der Waals surface area contributed by atoms with E-state index in [0.29, 0.717) is 34.9 Å². The Labute approximate surface area is 392 Å². The zero-order valence-electron chi connectivity index (χ0n) is 37.6. The minimum absolute atomic E-state index is 0.0426. The van der Waals surface area contributed by atoms with Crippen LogP contribution in [0, 0.1) is 6.92 Å². The number of carbonyl (C=O) groups is 4. The van der Waals surface area contributed by atoms with Crippen LogP contribution < -0.4 is 19.6 Å². The maximum Gasteiger partial charge on any atom is 0.411 e. The van der Waals surface area contributed by atoms with Crippen LogP contribution in [0.2, 0.25) is 0 Å². The van der Waals surface area contributed by atoms with Crippen molar-refractivity contribution in [3.8, 4) is 11.1 Å². The number of fused-ring (bicyclic) bond motifs is 5. The molecular formula is C55H40F6N4O4. The van der Waals surface area contributed by atoms with Crippen LogP contribution in [0.4, 0.5) is 49.1 Å². The molecule has 0 aromatic heterocycles. The van der Waals surface area contributed by atoms with Crippen LogP contribution in [0.15, 0.2) is 152 Å². The third-order valence-electron chi connectivity index (χ3n) is 13.7. The average molecular weight is 935 g/mol. The summed E-state index contributed by atoms with van der Waals surface area (Å²) in [7, 11) is 7.43. The molecule has 7 aromatic rings. The highest BCUT2D eigenvalue weighted by molar-refractivity contribution is 6.35. The first kappa shape index (κ1) is 44.8. The van der Waals surface area contributed by atoms with Crippen LogP contribution in [0.25, 0.3) is 11.1 Å². The van der Waals surface area contributed by atoms with E-state index >= 15 is 26.3 Å². The van der Waals surface area contributed by atoms with Gasteiger partial charge in [0.2, 0.25) is 5.41 Å². The molecule has 1 aliphatic carbocycles. The standard InChI is InChI=1S/C55H40F6N4O4/c1-31-28-33(18-27-47(31)63(4)5)52(45-12-8-6-10-39(45)40-11-7-9-13-46(40)52)32-14-19-37(20-15-32)64-48(66)41-25-16-34(29-43(41)50(64)68)53(54(56,57)58,55(59,60)61)35-17-26-42-44(30-35)51(69)65(49(42)67)38-23-21-36(22-24-38)62(2)3/h6-30H,1-5H3. The summed E-state index contributed by atoms with van der Waals surface area (Å²) in [6.07, 6.45) is -12.2. The number of hydrogen-bond donors (Lipinski definition) is 0. The van der Waals surface area contributed by atoms with Gasteiger partial charge in [0.15, 0.2) is 0 Å². The molecule has 0 fully saturated rings. The van der Waals surface area contributed by atoms with E-state index < -0.39 is 74.6 Å². The molecule has 4 amide bonds. The molecule has 7 aromatic carbocycles. The second kappa shape index (κ2) is 15.5. The molecule has 0 atom stereocenters. The van der Waals surface area contributed by atoms with Crippen molar-refractivity contribution >= 4 is 46.4 Å². The molecule has 10 rings (SSSR count). The van der Waals surface area contributed by atoms with Crippen LogP contribution in [-0.4, -0.2) is 64.2 Å². The fourth-order valence-electron chi connectivity index (χ4n) is 10.6. The van der Waals surface area contributed by atoms with Crippen molar-refractivity contribution in [1.82, 2.24) is 0 Å². The van der Waals surface area contributed by atoms with Crippen LogP contribution >= 0.6 is 0 Å². The zero-order valence-corrected chi connectivity index (χ0v) is 37.6. The number of imide groups is 2. The van der Waals surface area contributed by atoms with Crippen molar-refractivity contribution < 1.29 is 45.5 Å². The first-order chi connectivity index (χ1) is 32.7. The number of aryl methyl sites for hydroxylation is 1. The Bertz CT molecular complexity index is 3260. The fraction of sp³-hybridized carbons (Fsp3) is 0.164. The molecule has 8 nitrogen and oxygen atoms in total. The highest BCUT2D eigenvalue weighted by Crippen LogP contribution is 2.58. The molecule has 0 N–H and O–H groups in total. The Morgan fingerprint density at radius 1 is 0.435 bits per heavy atom. The highest BCUT2D eigenvalue weighted by atomic mass is 19.4. The number of benzene rings is 7. The lowest BCUT2D eigenvalue weighted by molar-refractivity contribution is -0.288. The number of nitrogens with zero attached hydrogens (tertiary/aromatic N) is 4. The molecule has 346 valence electrons. The second-order valence-corrected chi connectivity index (χ2v) is 17.9. The molecule has 0 unspecified atom stereocenters. The Kier molecular flexibility index (Phi) is 10.1. The molecule has 14 heteroatoms. The van der Waals surface area contributed by atoms with Crippen molar-refractivity contribution in [2.24, 2.45) is 0 Å². The lowest BCUT2D eigenvalue weighted by Crippen LogP contribution is -2.55. The summed E-state index contributed by atoms with van der Waals surface area (Å²) in [6.45, 7) is 2.03. The van der Waals surface area contributed by atoms with Crippen molar-refractivity contribution in [2.45, 2.75) is 30.1 Å². The van der Waals surface area contributed by atoms with E-state index in [9.17, 15) is 19.2 Å². The molecular weight excluding hydrogens is 895 g/mol. The average Bonchev–Trinajstić information content (AvgIpc) is 3.85. The minimum Gasteiger partial charge on any atom is -0.378 e. The van der Waals surface area contributed by atoms with Crippen molar-refractivity contribution in [3.05, 3.63) is 213 Å². The van der Waals surface area contributed by atoms with E-state index in [4.69, 9.17) is 0 Å². The number of rotatable bonds is 8. The van der Waals surface area contributed by atoms with Gasteiger partial charge in [-0.25, -0.2) is 9.80 Å². The quantitative estimate of drug-likeness (QED) is 0.112. The number of halogens is 6. The van der Waals surface area contributed by atoms with Gasteiger partial charge in [-0.1, -0.05) is 84.9 Å². The van der Waals surface area contributed by atoms with E-state index in [1.54, 1.807) is 55.4 Å². The zero-order chi connectivity index (χ0) is 49.1. The van der Waals surface area contributed by atoms with Gasteiger partial charge in [0.1, 0.15) is 0 Å². The topological polar surface area (TPSA) is 81.2 Å². The predicted octanol–water partition coefficient (Wildman–Crippen LogP) is 11.5. The van der Waals surface area contributed by atoms with E-state index in [1.165, 1.54) is 12.1 Å². The first-order valence-corrected chi connectivity index (χ1v) is 21.8. The van der Waals surface area contributed by atoms with Gasteiger partial charge in [-0.2, -0.15) is 26.3 Å². The summed E-state index contributed by atoms with van der Waals surface area (Å²) in [5, 5.41) is 0. The van der Waals surface area contributed by atoms with E-state index in [2.05, 4.69) is 42.5 Å². The minimum atomic E-state index is -6.12. The summed E-state index contributed by atoms with van der Waals surface area (Å²) < 4.78 is 93.7. The third kappa shape index (κ3) is 6.30. The summed E-state index contributed by atoms with van der Waals surface area (Å²) in [6, 6.07) is 38.5. The number of hydrogen-bond acceptors (Lipinski definition) is 6. The van der Waals surface area contributed by atoms with Crippen LogP contribution in [-0.2, 0) is 10.8 Å². The van der Waals surface area contributed by atoms with Gasteiger partial charge in [0.05, 0.1) is 39.0 Å². The molecule has 3 aliphatic rings. The monoisotopic (exact) mass is 934 g/mol. The van der Waals surface area contributed by atoms with Gasteiger partial charge >= 0.3 is 12.4 Å². The Balaban J connectivity index is 1.05. The lowest BCUT2D eigenvalue weighted by Gasteiger charge is -2.38. The van der Waals surface area contributed by atoms with Gasteiger partial charge in [-0.3, -0.25) is 19.2 Å². The molecule has 2 aliphatic heterocycles. The smallest absolute Gasteiger partial charge is 0.378 e. The Morgan fingerprint density at radius 2 is 0.855 bits per heavy atom. The Hall–Kier alpha value is -8.00. The van der Waals surface area contributed by atoms with Gasteiger partial charge in [-0.05, 0) is 124 Å². The van der Waals surface area contributed by atoms with Gasteiger partial charge in [0, 0.05) is 39.6 Å². The predicted molar refractivity (Wildman–Crippen MR) is 252 cm³/mol. The molecule has 0 saturated carbocycles. The maximum atomic E-state index is 15.6. The summed E-state index contributed by atoms with van der Waals surface area (Å²) in [5.41, 5.74) is -2.04. The molecule has 0 bridgehead atoms. The largest absolute Gasteiger partial charge is 0.411 e. The number of alkyl halides is 6. The normalized spacial score (nSPS) is 15.1. The first-order valence-electron chi connectivity index (χ1n) is 21.8. The van der Waals surface area contributed by atoms with Crippen molar-refractivity contribution in [3.63, 3.8) is 0 Å². The van der Waals surface area contributed by atoms with E-state index in [1.807, 2.05) is 50.2 Å². The fourth-order valence-corrected chi connectivity index (χ4v) is 10.6. The van der Waals surface area contributed by atoms with Crippen molar-refractivity contribution in [1.29, 1.82) is 0 Å². The SMILES string of the molecule is Cc1cc(C2(c3ccc(N4C(=O)c5ccc(C(c6ccc7c(c6)C(=O)N(c6ccc(N(C)C)cc6)C7=O)(C(F)(F)F)C(F)(F)F)cc5C4=O)cc3)c3ccccc3-c3ccccc32)ccc1N(C)C. The van der Waals surface area contributed by atoms with Gasteiger partial charge in [0.25, 0.3) is 23.6 Å². The molecule has 0 radical (unpaired) electrons. The maximum absolute atomic E-state index is 15.6. The molecule has 2 heterocycles. The summed E-state index contributed by atoms with van der Waals surface area (Å²) >= 11 is 0. The number of anilines is 4. The molecule has 0 spiro atoms. The van der Waals surface area contributed by atoms with Crippen LogP contribution in [0.3, 0.4) is 0 Å². The van der Waals surface area contributed by atoms with Crippen LogP contribution in [0.5, 0.6) is 0 Å². The van der Waals surface area contributed by atoms with Gasteiger partial charge in [-0.15, -0.1) is 0 Å². The molecule has 0 saturated heterocycles. The Morgan fingerprint density at radius 3 is 1.28 bits per heavy atom. The van der Waals surface area contributed by atoms with E-state index in [0.717, 1.165) is 61.7 Å². The second-order valence-electron chi connectivity index (χ2n) is 17.9. The summed E-state index contributed by atoms with van der Waals surface area (Å²) in [4.78, 5) is 60.8. The molecule has 69 heavy (non-hydrogen) atoms. The number of amides is 4. The number of carbonyl (C=O) groups excluding carboxylic acids is 4. The van der Waals surface area contributed by atoms with Crippen molar-refractivity contribution in [2.75, 3.05) is 47.8 Å². The van der Waals surface area contributed by atoms with Gasteiger partial charge < -0.3 is 9.80 Å². The van der Waals surface area contributed by atoms with Crippen LogP contribution in [0.1, 0.15) is 80.4 Å². The lowest BCUT2D eigenvalue weighted by atomic mass is 9.67.